The van der Waals surface area contributed by atoms with E-state index in [0.717, 1.165) is 10.2 Å². The minimum absolute atomic E-state index is 0.992. The Bertz CT molecular complexity index is 537. The number of halogens is 1. The van der Waals surface area contributed by atoms with E-state index in [1.807, 2.05) is 6.20 Å². The number of aryl methyl sites for hydroxylation is 2. The number of aromatic nitrogens is 1. The SMILES string of the molecule is Cc1ccc(N(C)c2cncc(Br)c2)c(C)c1. The molecule has 1 aromatic heterocycles. The summed E-state index contributed by atoms with van der Waals surface area (Å²) in [5.41, 5.74) is 4.83. The molecule has 0 unspecified atom stereocenters. The lowest BCUT2D eigenvalue weighted by molar-refractivity contribution is 1.15. The van der Waals surface area contributed by atoms with Crippen LogP contribution in [0.3, 0.4) is 0 Å². The average molecular weight is 291 g/mol. The zero-order chi connectivity index (χ0) is 12.4. The quantitative estimate of drug-likeness (QED) is 0.823. The summed E-state index contributed by atoms with van der Waals surface area (Å²) < 4.78 is 0.992. The minimum atomic E-state index is 0.992. The Kier molecular flexibility index (Phi) is 3.48. The maximum absolute atomic E-state index is 4.19. The van der Waals surface area contributed by atoms with Gasteiger partial charge in [0.2, 0.25) is 0 Å². The lowest BCUT2D eigenvalue weighted by Gasteiger charge is -2.21. The molecule has 0 aliphatic rings. The predicted molar refractivity (Wildman–Crippen MR) is 75.9 cm³/mol. The van der Waals surface area contributed by atoms with Gasteiger partial charge in [0.1, 0.15) is 0 Å². The Labute approximate surface area is 110 Å². The first-order chi connectivity index (χ1) is 8.08. The average Bonchev–Trinajstić information content (AvgIpc) is 2.28. The van der Waals surface area contributed by atoms with Crippen molar-refractivity contribution >= 4 is 27.3 Å². The van der Waals surface area contributed by atoms with Crippen LogP contribution in [0.15, 0.2) is 41.1 Å². The van der Waals surface area contributed by atoms with Crippen molar-refractivity contribution in [1.82, 2.24) is 4.98 Å². The molecule has 2 nitrogen and oxygen atoms in total. The number of nitrogens with zero attached hydrogens (tertiary/aromatic N) is 2. The van der Waals surface area contributed by atoms with Crippen LogP contribution >= 0.6 is 15.9 Å². The molecular formula is C14H15BrN2. The minimum Gasteiger partial charge on any atom is -0.343 e. The van der Waals surface area contributed by atoms with E-state index in [2.05, 4.69) is 71.0 Å². The van der Waals surface area contributed by atoms with Gasteiger partial charge in [-0.2, -0.15) is 0 Å². The summed E-state index contributed by atoms with van der Waals surface area (Å²) in [4.78, 5) is 6.33. The number of pyridine rings is 1. The zero-order valence-corrected chi connectivity index (χ0v) is 11.8. The number of benzene rings is 1. The monoisotopic (exact) mass is 290 g/mol. The topological polar surface area (TPSA) is 16.1 Å². The van der Waals surface area contributed by atoms with Gasteiger partial charge >= 0.3 is 0 Å². The van der Waals surface area contributed by atoms with E-state index in [1.54, 1.807) is 6.20 Å². The fraction of sp³-hybridized carbons (Fsp3) is 0.214. The Morgan fingerprint density at radius 3 is 2.53 bits per heavy atom. The Morgan fingerprint density at radius 2 is 1.88 bits per heavy atom. The van der Waals surface area contributed by atoms with Crippen LogP contribution < -0.4 is 4.90 Å². The molecule has 17 heavy (non-hydrogen) atoms. The van der Waals surface area contributed by atoms with Gasteiger partial charge in [-0.3, -0.25) is 4.98 Å². The molecule has 2 aromatic rings. The van der Waals surface area contributed by atoms with E-state index in [0.29, 0.717) is 0 Å². The van der Waals surface area contributed by atoms with E-state index in [1.165, 1.54) is 16.8 Å². The Morgan fingerprint density at radius 1 is 1.12 bits per heavy atom. The highest BCUT2D eigenvalue weighted by Crippen LogP contribution is 2.28. The lowest BCUT2D eigenvalue weighted by atomic mass is 10.1. The Balaban J connectivity index is 2.40. The van der Waals surface area contributed by atoms with Crippen molar-refractivity contribution in [1.29, 1.82) is 0 Å². The smallest absolute Gasteiger partial charge is 0.0606 e. The first kappa shape index (κ1) is 12.1. The van der Waals surface area contributed by atoms with Gasteiger partial charge in [-0.1, -0.05) is 17.7 Å². The third kappa shape index (κ3) is 2.67. The highest BCUT2D eigenvalue weighted by atomic mass is 79.9. The van der Waals surface area contributed by atoms with Crippen molar-refractivity contribution in [3.8, 4) is 0 Å². The molecule has 0 spiro atoms. The van der Waals surface area contributed by atoms with Crippen LogP contribution in [0, 0.1) is 13.8 Å². The standard InChI is InChI=1S/C14H15BrN2/c1-10-4-5-14(11(2)6-10)17(3)13-7-12(15)8-16-9-13/h4-9H,1-3H3. The van der Waals surface area contributed by atoms with Gasteiger partial charge in [0, 0.05) is 23.4 Å². The third-order valence-corrected chi connectivity index (χ3v) is 3.23. The van der Waals surface area contributed by atoms with Gasteiger partial charge in [0.05, 0.1) is 11.9 Å². The highest BCUT2D eigenvalue weighted by Gasteiger charge is 2.07. The molecule has 1 heterocycles. The zero-order valence-electron chi connectivity index (χ0n) is 10.2. The second-order valence-electron chi connectivity index (χ2n) is 4.21. The van der Waals surface area contributed by atoms with Crippen LogP contribution in [0.4, 0.5) is 11.4 Å². The molecular weight excluding hydrogens is 276 g/mol. The van der Waals surface area contributed by atoms with Crippen molar-refractivity contribution < 1.29 is 0 Å². The van der Waals surface area contributed by atoms with Crippen molar-refractivity contribution in [2.24, 2.45) is 0 Å². The van der Waals surface area contributed by atoms with E-state index in [9.17, 15) is 0 Å². The molecule has 0 bridgehead atoms. The maximum atomic E-state index is 4.19. The molecule has 0 saturated heterocycles. The van der Waals surface area contributed by atoms with Gasteiger partial charge in [-0.25, -0.2) is 0 Å². The van der Waals surface area contributed by atoms with E-state index in [-0.39, 0.29) is 0 Å². The van der Waals surface area contributed by atoms with Gasteiger partial charge in [0.25, 0.3) is 0 Å². The lowest BCUT2D eigenvalue weighted by Crippen LogP contribution is -2.11. The largest absolute Gasteiger partial charge is 0.343 e. The van der Waals surface area contributed by atoms with Gasteiger partial charge < -0.3 is 4.90 Å². The number of rotatable bonds is 2. The highest BCUT2D eigenvalue weighted by molar-refractivity contribution is 9.10. The van der Waals surface area contributed by atoms with Crippen LogP contribution in [-0.2, 0) is 0 Å². The van der Waals surface area contributed by atoms with Crippen LogP contribution in [0.1, 0.15) is 11.1 Å². The summed E-state index contributed by atoms with van der Waals surface area (Å²) in [7, 11) is 2.06. The van der Waals surface area contributed by atoms with E-state index >= 15 is 0 Å². The second-order valence-corrected chi connectivity index (χ2v) is 5.13. The third-order valence-electron chi connectivity index (χ3n) is 2.79. The maximum Gasteiger partial charge on any atom is 0.0606 e. The summed E-state index contributed by atoms with van der Waals surface area (Å²) >= 11 is 3.44. The van der Waals surface area contributed by atoms with Crippen LogP contribution in [-0.4, -0.2) is 12.0 Å². The van der Waals surface area contributed by atoms with Gasteiger partial charge in [-0.05, 0) is 47.5 Å². The molecule has 2 rings (SSSR count). The van der Waals surface area contributed by atoms with E-state index in [4.69, 9.17) is 0 Å². The predicted octanol–water partition coefficient (Wildman–Crippen LogP) is 4.23. The van der Waals surface area contributed by atoms with Gasteiger partial charge in [-0.15, -0.1) is 0 Å². The number of hydrogen-bond donors (Lipinski definition) is 0. The molecule has 1 aromatic carbocycles. The van der Waals surface area contributed by atoms with Crippen LogP contribution in [0.5, 0.6) is 0 Å². The summed E-state index contributed by atoms with van der Waals surface area (Å²) in [5.74, 6) is 0. The molecule has 0 aliphatic carbocycles. The number of hydrogen-bond acceptors (Lipinski definition) is 2. The molecule has 88 valence electrons. The van der Waals surface area contributed by atoms with Crippen molar-refractivity contribution in [3.05, 3.63) is 52.3 Å². The first-order valence-corrected chi connectivity index (χ1v) is 6.29. The van der Waals surface area contributed by atoms with Crippen LogP contribution in [0.2, 0.25) is 0 Å². The molecule has 0 saturated carbocycles. The van der Waals surface area contributed by atoms with Gasteiger partial charge in [0.15, 0.2) is 0 Å². The molecule has 0 aliphatic heterocycles. The summed E-state index contributed by atoms with van der Waals surface area (Å²) in [5, 5.41) is 0. The Hall–Kier alpha value is -1.35. The fourth-order valence-corrected chi connectivity index (χ4v) is 2.26. The molecule has 0 radical (unpaired) electrons. The summed E-state index contributed by atoms with van der Waals surface area (Å²) in [6.45, 7) is 4.24. The van der Waals surface area contributed by atoms with Crippen LogP contribution in [0.25, 0.3) is 0 Å². The summed E-state index contributed by atoms with van der Waals surface area (Å²) in [6, 6.07) is 8.53. The van der Waals surface area contributed by atoms with Crippen molar-refractivity contribution in [2.75, 3.05) is 11.9 Å². The first-order valence-electron chi connectivity index (χ1n) is 5.49. The molecule has 0 atom stereocenters. The number of anilines is 2. The molecule has 3 heteroatoms. The molecule has 0 N–H and O–H groups in total. The summed E-state index contributed by atoms with van der Waals surface area (Å²) in [6.07, 6.45) is 3.66. The van der Waals surface area contributed by atoms with Crippen molar-refractivity contribution in [2.45, 2.75) is 13.8 Å². The normalized spacial score (nSPS) is 10.4. The van der Waals surface area contributed by atoms with E-state index < -0.39 is 0 Å². The van der Waals surface area contributed by atoms with Crippen molar-refractivity contribution in [3.63, 3.8) is 0 Å². The second kappa shape index (κ2) is 4.88. The molecule has 0 amide bonds. The molecule has 0 fully saturated rings. The fourth-order valence-electron chi connectivity index (χ4n) is 1.90.